The Morgan fingerprint density at radius 3 is 2.64 bits per heavy atom. The molecule has 33 heavy (non-hydrogen) atoms. The number of nitrogen functional groups attached to an aromatic ring is 1. The number of nitrogens with two attached hydrogens (primary N) is 1. The number of nitrogens with zero attached hydrogens (tertiary/aromatic N) is 5. The van der Waals surface area contributed by atoms with E-state index in [1.165, 1.54) is 28.8 Å². The molecule has 0 aliphatic rings. The van der Waals surface area contributed by atoms with Crippen LogP contribution in [0.2, 0.25) is 0 Å². The summed E-state index contributed by atoms with van der Waals surface area (Å²) in [6, 6.07) is 12.6. The van der Waals surface area contributed by atoms with Gasteiger partial charge < -0.3 is 15.8 Å². The normalized spacial score (nSPS) is 10.8. The number of ether oxygens (including phenoxy) is 1. The molecular weight excluding hydrogens is 429 g/mol. The second kappa shape index (κ2) is 9.39. The van der Waals surface area contributed by atoms with Crippen LogP contribution in [0.5, 0.6) is 0 Å². The smallest absolute Gasteiger partial charge is 0.306 e. The van der Waals surface area contributed by atoms with Crippen molar-refractivity contribution >= 4 is 34.5 Å². The number of fused-ring (bicyclic) bond motifs is 1. The van der Waals surface area contributed by atoms with Gasteiger partial charge in [0.2, 0.25) is 11.9 Å². The molecule has 0 amide bonds. The fourth-order valence-electron chi connectivity index (χ4n) is 3.14. The minimum atomic E-state index is -0.510. The number of carbonyl (C=O) groups excluding carboxylic acids is 1. The number of aryl methyl sites for hydroxylation is 1. The molecule has 2 aromatic carbocycles. The van der Waals surface area contributed by atoms with Crippen molar-refractivity contribution in [2.24, 2.45) is 7.05 Å². The minimum Gasteiger partial charge on any atom is -0.457 e. The van der Waals surface area contributed by atoms with Crippen LogP contribution in [0.3, 0.4) is 0 Å². The molecule has 4 aromatic rings. The van der Waals surface area contributed by atoms with Crippen LogP contribution in [0, 0.1) is 5.82 Å². The SMILES string of the molecule is Cn1c(CCC(=O)OCc2nc(N)nc(Nc3ccc(F)cc3)n2)nc2ccccc2c1=O. The fraction of sp³-hybridized carbons (Fsp3) is 0.182. The maximum Gasteiger partial charge on any atom is 0.306 e. The first-order valence-electron chi connectivity index (χ1n) is 10.0. The lowest BCUT2D eigenvalue weighted by Gasteiger charge is -2.10. The summed E-state index contributed by atoms with van der Waals surface area (Å²) in [6.07, 6.45) is 0.242. The van der Waals surface area contributed by atoms with Crippen LogP contribution in [0.1, 0.15) is 18.1 Å². The molecule has 10 nitrogen and oxygen atoms in total. The van der Waals surface area contributed by atoms with Gasteiger partial charge in [0, 0.05) is 19.2 Å². The van der Waals surface area contributed by atoms with Gasteiger partial charge in [0.1, 0.15) is 11.6 Å². The van der Waals surface area contributed by atoms with E-state index in [-0.39, 0.29) is 48.5 Å². The number of nitrogens with one attached hydrogen (secondary N) is 1. The third kappa shape index (κ3) is 5.26. The summed E-state index contributed by atoms with van der Waals surface area (Å²) in [7, 11) is 1.62. The predicted molar refractivity (Wildman–Crippen MR) is 119 cm³/mol. The third-order valence-electron chi connectivity index (χ3n) is 4.79. The van der Waals surface area contributed by atoms with Crippen LogP contribution >= 0.6 is 0 Å². The quantitative estimate of drug-likeness (QED) is 0.407. The van der Waals surface area contributed by atoms with E-state index < -0.39 is 5.97 Å². The Bertz CT molecular complexity index is 1370. The van der Waals surface area contributed by atoms with E-state index in [0.717, 1.165) is 0 Å². The van der Waals surface area contributed by atoms with Gasteiger partial charge in [0.15, 0.2) is 12.4 Å². The lowest BCUT2D eigenvalue weighted by molar-refractivity contribution is -0.145. The largest absolute Gasteiger partial charge is 0.457 e. The molecule has 0 saturated heterocycles. The van der Waals surface area contributed by atoms with Gasteiger partial charge in [0.05, 0.1) is 17.3 Å². The Hall–Kier alpha value is -4.41. The number of aromatic nitrogens is 5. The van der Waals surface area contributed by atoms with E-state index in [0.29, 0.717) is 22.4 Å². The lowest BCUT2D eigenvalue weighted by Crippen LogP contribution is -2.23. The summed E-state index contributed by atoms with van der Waals surface area (Å²) < 4.78 is 19.7. The minimum absolute atomic E-state index is 0.0138. The number of hydrogen-bond acceptors (Lipinski definition) is 9. The maximum absolute atomic E-state index is 13.1. The van der Waals surface area contributed by atoms with Crippen molar-refractivity contribution in [3.05, 3.63) is 76.4 Å². The van der Waals surface area contributed by atoms with Crippen LogP contribution in [0.4, 0.5) is 22.0 Å². The molecule has 0 unspecified atom stereocenters. The van der Waals surface area contributed by atoms with E-state index in [4.69, 9.17) is 10.5 Å². The molecule has 11 heteroatoms. The maximum atomic E-state index is 13.1. The van der Waals surface area contributed by atoms with E-state index >= 15 is 0 Å². The number of rotatable bonds is 7. The molecule has 0 aliphatic carbocycles. The zero-order valence-corrected chi connectivity index (χ0v) is 17.7. The first-order valence-corrected chi connectivity index (χ1v) is 10.0. The highest BCUT2D eigenvalue weighted by atomic mass is 19.1. The van der Waals surface area contributed by atoms with Crippen LogP contribution in [-0.4, -0.2) is 30.5 Å². The highest BCUT2D eigenvalue weighted by molar-refractivity contribution is 5.77. The zero-order chi connectivity index (χ0) is 23.4. The van der Waals surface area contributed by atoms with Gasteiger partial charge >= 0.3 is 5.97 Å². The number of para-hydroxylation sites is 1. The van der Waals surface area contributed by atoms with Gasteiger partial charge in [-0.15, -0.1) is 0 Å². The Balaban J connectivity index is 1.38. The number of halogens is 1. The van der Waals surface area contributed by atoms with Crippen LogP contribution < -0.4 is 16.6 Å². The average Bonchev–Trinajstić information content (AvgIpc) is 2.80. The van der Waals surface area contributed by atoms with Gasteiger partial charge in [-0.2, -0.15) is 15.0 Å². The molecule has 2 heterocycles. The summed E-state index contributed by atoms with van der Waals surface area (Å²) in [5, 5.41) is 3.40. The van der Waals surface area contributed by atoms with Gasteiger partial charge in [0.25, 0.3) is 5.56 Å². The second-order valence-electron chi connectivity index (χ2n) is 7.14. The first-order chi connectivity index (χ1) is 15.9. The summed E-state index contributed by atoms with van der Waals surface area (Å²) in [5.74, 6) is -0.180. The molecule has 168 valence electrons. The predicted octanol–water partition coefficient (Wildman–Crippen LogP) is 2.26. The van der Waals surface area contributed by atoms with Crippen LogP contribution in [0.15, 0.2) is 53.3 Å². The summed E-state index contributed by atoms with van der Waals surface area (Å²) >= 11 is 0. The monoisotopic (exact) mass is 449 g/mol. The van der Waals surface area contributed by atoms with Crippen molar-refractivity contribution in [1.29, 1.82) is 0 Å². The number of benzene rings is 2. The van der Waals surface area contributed by atoms with Crippen molar-refractivity contribution in [1.82, 2.24) is 24.5 Å². The van der Waals surface area contributed by atoms with Gasteiger partial charge in [-0.25, -0.2) is 9.37 Å². The van der Waals surface area contributed by atoms with Crippen molar-refractivity contribution < 1.29 is 13.9 Å². The van der Waals surface area contributed by atoms with Crippen LogP contribution in [0.25, 0.3) is 10.9 Å². The standard InChI is InChI=1S/C22H20FN7O3/c1-30-18(26-16-5-3-2-4-15(16)20(30)32)10-11-19(31)33-12-17-27-21(24)29-22(28-17)25-14-8-6-13(23)7-9-14/h2-9H,10-12H2,1H3,(H3,24,25,27,28,29). The average molecular weight is 449 g/mol. The van der Waals surface area contributed by atoms with Gasteiger partial charge in [-0.1, -0.05) is 12.1 Å². The van der Waals surface area contributed by atoms with Crippen molar-refractivity contribution in [3.8, 4) is 0 Å². The van der Waals surface area contributed by atoms with E-state index in [9.17, 15) is 14.0 Å². The third-order valence-corrected chi connectivity index (χ3v) is 4.79. The topological polar surface area (TPSA) is 138 Å². The van der Waals surface area contributed by atoms with E-state index in [2.05, 4.69) is 25.3 Å². The van der Waals surface area contributed by atoms with Gasteiger partial charge in [-0.05, 0) is 36.4 Å². The zero-order valence-electron chi connectivity index (χ0n) is 17.7. The Kier molecular flexibility index (Phi) is 6.20. The lowest BCUT2D eigenvalue weighted by atomic mass is 10.2. The van der Waals surface area contributed by atoms with Crippen molar-refractivity contribution in [3.63, 3.8) is 0 Å². The molecule has 0 atom stereocenters. The summed E-state index contributed by atoms with van der Waals surface area (Å²) in [6.45, 7) is -0.215. The molecule has 4 rings (SSSR count). The van der Waals surface area contributed by atoms with E-state index in [1.807, 2.05) is 0 Å². The fourth-order valence-corrected chi connectivity index (χ4v) is 3.14. The summed E-state index contributed by atoms with van der Waals surface area (Å²) in [4.78, 5) is 41.3. The van der Waals surface area contributed by atoms with E-state index in [1.54, 1.807) is 31.3 Å². The highest BCUT2D eigenvalue weighted by Crippen LogP contribution is 2.14. The Morgan fingerprint density at radius 2 is 1.85 bits per heavy atom. The Labute approximate surface area is 187 Å². The molecule has 0 saturated carbocycles. The molecule has 2 aromatic heterocycles. The van der Waals surface area contributed by atoms with Gasteiger partial charge in [-0.3, -0.25) is 14.2 Å². The van der Waals surface area contributed by atoms with Crippen LogP contribution in [-0.2, 0) is 29.6 Å². The molecule has 0 aliphatic heterocycles. The molecule has 0 bridgehead atoms. The molecular formula is C22H20FN7O3. The molecule has 0 fully saturated rings. The number of esters is 1. The number of hydrogen-bond donors (Lipinski definition) is 2. The first kappa shape index (κ1) is 21.8. The molecule has 0 spiro atoms. The summed E-state index contributed by atoms with van der Waals surface area (Å²) in [5.41, 5.74) is 6.66. The molecule has 0 radical (unpaired) electrons. The number of anilines is 3. The van der Waals surface area contributed by atoms with Crippen molar-refractivity contribution in [2.75, 3.05) is 11.1 Å². The second-order valence-corrected chi connectivity index (χ2v) is 7.14. The Morgan fingerprint density at radius 1 is 1.09 bits per heavy atom. The van der Waals surface area contributed by atoms with Crippen molar-refractivity contribution in [2.45, 2.75) is 19.4 Å². The highest BCUT2D eigenvalue weighted by Gasteiger charge is 2.12. The number of carbonyl (C=O) groups is 1. The molecule has 3 N–H and O–H groups in total.